The van der Waals surface area contributed by atoms with Crippen molar-refractivity contribution < 1.29 is 0 Å². The minimum atomic E-state index is 0.581. The van der Waals surface area contributed by atoms with Gasteiger partial charge >= 0.3 is 0 Å². The van der Waals surface area contributed by atoms with E-state index in [-0.39, 0.29) is 0 Å². The van der Waals surface area contributed by atoms with Gasteiger partial charge in [-0.1, -0.05) is 15.9 Å². The third-order valence-corrected chi connectivity index (χ3v) is 3.60. The molecular weight excluding hydrogens is 273 g/mol. The highest BCUT2D eigenvalue weighted by Crippen LogP contribution is 2.34. The lowest BCUT2D eigenvalue weighted by molar-refractivity contribution is 0.821. The van der Waals surface area contributed by atoms with E-state index in [0.29, 0.717) is 5.88 Å². The van der Waals surface area contributed by atoms with Crippen LogP contribution in [0.1, 0.15) is 25.3 Å². The first-order chi connectivity index (χ1) is 7.26. The molecule has 1 aromatic carbocycles. The highest BCUT2D eigenvalue weighted by molar-refractivity contribution is 9.10. The van der Waals surface area contributed by atoms with Crippen LogP contribution in [0.5, 0.6) is 0 Å². The van der Waals surface area contributed by atoms with Crippen LogP contribution >= 0.6 is 27.5 Å². The van der Waals surface area contributed by atoms with E-state index in [4.69, 9.17) is 11.6 Å². The van der Waals surface area contributed by atoms with Crippen LogP contribution in [-0.4, -0.2) is 12.6 Å². The van der Waals surface area contributed by atoms with Crippen molar-refractivity contribution in [3.05, 3.63) is 28.2 Å². The Morgan fingerprint density at radius 1 is 1.47 bits per heavy atom. The lowest BCUT2D eigenvalue weighted by Crippen LogP contribution is -2.25. The van der Waals surface area contributed by atoms with E-state index in [1.54, 1.807) is 0 Å². The number of hydrogen-bond donors (Lipinski definition) is 0. The molecule has 15 heavy (non-hydrogen) atoms. The van der Waals surface area contributed by atoms with Crippen molar-refractivity contribution >= 4 is 33.2 Å². The van der Waals surface area contributed by atoms with Crippen molar-refractivity contribution in [3.8, 4) is 0 Å². The SMILES string of the molecule is CCN(c1ccc(Br)cc1CCl)C1CC1. The molecule has 1 aliphatic carbocycles. The Balaban J connectivity index is 2.32. The summed E-state index contributed by atoms with van der Waals surface area (Å²) in [5.74, 6) is 0.581. The van der Waals surface area contributed by atoms with Crippen LogP contribution in [0.25, 0.3) is 0 Å². The molecule has 1 saturated carbocycles. The number of anilines is 1. The standard InChI is InChI=1S/C12H15BrClN/c1-2-15(11-4-5-11)12-6-3-10(13)7-9(12)8-14/h3,6-7,11H,2,4-5,8H2,1H3. The van der Waals surface area contributed by atoms with Crippen molar-refractivity contribution in [3.63, 3.8) is 0 Å². The Morgan fingerprint density at radius 2 is 2.20 bits per heavy atom. The first-order valence-electron chi connectivity index (χ1n) is 5.37. The van der Waals surface area contributed by atoms with E-state index in [1.807, 2.05) is 0 Å². The van der Waals surface area contributed by atoms with E-state index < -0.39 is 0 Å². The van der Waals surface area contributed by atoms with Crippen LogP contribution < -0.4 is 4.90 Å². The van der Waals surface area contributed by atoms with Crippen LogP contribution in [0.15, 0.2) is 22.7 Å². The molecule has 0 spiro atoms. The van der Waals surface area contributed by atoms with Gasteiger partial charge in [-0.3, -0.25) is 0 Å². The third-order valence-electron chi connectivity index (χ3n) is 2.82. The molecule has 0 amide bonds. The van der Waals surface area contributed by atoms with E-state index in [0.717, 1.165) is 17.1 Å². The molecule has 1 aromatic rings. The summed E-state index contributed by atoms with van der Waals surface area (Å²) in [5, 5.41) is 0. The molecule has 0 radical (unpaired) electrons. The molecule has 1 nitrogen and oxygen atoms in total. The zero-order valence-corrected chi connectivity index (χ0v) is 11.2. The minimum absolute atomic E-state index is 0.581. The van der Waals surface area contributed by atoms with Crippen molar-refractivity contribution in [2.45, 2.75) is 31.7 Å². The van der Waals surface area contributed by atoms with Crippen molar-refractivity contribution in [1.29, 1.82) is 0 Å². The summed E-state index contributed by atoms with van der Waals surface area (Å²) in [6.07, 6.45) is 2.65. The normalized spacial score (nSPS) is 15.4. The summed E-state index contributed by atoms with van der Waals surface area (Å²) in [5.41, 5.74) is 2.53. The number of nitrogens with zero attached hydrogens (tertiary/aromatic N) is 1. The van der Waals surface area contributed by atoms with Crippen LogP contribution in [0.3, 0.4) is 0 Å². The lowest BCUT2D eigenvalue weighted by Gasteiger charge is -2.25. The predicted octanol–water partition coefficient (Wildman–Crippen LogP) is 4.18. The molecule has 0 N–H and O–H groups in total. The van der Waals surface area contributed by atoms with Gasteiger partial charge in [0.25, 0.3) is 0 Å². The molecule has 0 unspecified atom stereocenters. The smallest absolute Gasteiger partial charge is 0.0494 e. The largest absolute Gasteiger partial charge is 0.369 e. The van der Waals surface area contributed by atoms with E-state index in [2.05, 4.69) is 46.0 Å². The fourth-order valence-electron chi connectivity index (χ4n) is 1.95. The summed E-state index contributed by atoms with van der Waals surface area (Å²) in [4.78, 5) is 2.46. The van der Waals surface area contributed by atoms with Crippen LogP contribution in [0, 0.1) is 0 Å². The fourth-order valence-corrected chi connectivity index (χ4v) is 2.58. The highest BCUT2D eigenvalue weighted by Gasteiger charge is 2.29. The van der Waals surface area contributed by atoms with Crippen LogP contribution in [-0.2, 0) is 5.88 Å². The Kier molecular flexibility index (Phi) is 3.57. The lowest BCUT2D eigenvalue weighted by atomic mass is 10.2. The highest BCUT2D eigenvalue weighted by atomic mass is 79.9. The Labute approximate surface area is 105 Å². The van der Waals surface area contributed by atoms with Gasteiger partial charge in [-0.15, -0.1) is 11.6 Å². The second-order valence-corrected chi connectivity index (χ2v) is 5.11. The van der Waals surface area contributed by atoms with Gasteiger partial charge in [0, 0.05) is 28.6 Å². The van der Waals surface area contributed by atoms with Crippen LogP contribution in [0.2, 0.25) is 0 Å². The molecule has 0 aromatic heterocycles. The van der Waals surface area contributed by atoms with Crippen LogP contribution in [0.4, 0.5) is 5.69 Å². The topological polar surface area (TPSA) is 3.24 Å². The van der Waals surface area contributed by atoms with Gasteiger partial charge in [0.05, 0.1) is 0 Å². The monoisotopic (exact) mass is 287 g/mol. The molecule has 1 fully saturated rings. The summed E-state index contributed by atoms with van der Waals surface area (Å²) >= 11 is 9.47. The average Bonchev–Trinajstić information content (AvgIpc) is 3.05. The zero-order chi connectivity index (χ0) is 10.8. The summed E-state index contributed by atoms with van der Waals surface area (Å²) < 4.78 is 1.11. The Hall–Kier alpha value is -0.210. The summed E-state index contributed by atoms with van der Waals surface area (Å²) in [7, 11) is 0. The van der Waals surface area contributed by atoms with E-state index >= 15 is 0 Å². The first kappa shape index (κ1) is 11.3. The molecule has 1 aliphatic rings. The van der Waals surface area contributed by atoms with Gasteiger partial charge in [0.15, 0.2) is 0 Å². The predicted molar refractivity (Wildman–Crippen MR) is 69.7 cm³/mol. The van der Waals surface area contributed by atoms with Crippen molar-refractivity contribution in [1.82, 2.24) is 0 Å². The van der Waals surface area contributed by atoms with Gasteiger partial charge in [-0.2, -0.15) is 0 Å². The molecule has 3 heteroatoms. The van der Waals surface area contributed by atoms with Gasteiger partial charge in [0.2, 0.25) is 0 Å². The van der Waals surface area contributed by atoms with Crippen molar-refractivity contribution in [2.75, 3.05) is 11.4 Å². The van der Waals surface area contributed by atoms with Gasteiger partial charge in [-0.25, -0.2) is 0 Å². The molecule has 0 atom stereocenters. The molecule has 0 bridgehead atoms. The second kappa shape index (κ2) is 4.75. The van der Waals surface area contributed by atoms with E-state index in [9.17, 15) is 0 Å². The maximum atomic E-state index is 5.98. The van der Waals surface area contributed by atoms with Crippen molar-refractivity contribution in [2.24, 2.45) is 0 Å². The molecule has 2 rings (SSSR count). The molecular formula is C12H15BrClN. The second-order valence-electron chi connectivity index (χ2n) is 3.92. The third kappa shape index (κ3) is 2.48. The molecule has 82 valence electrons. The van der Waals surface area contributed by atoms with Gasteiger partial charge < -0.3 is 4.90 Å². The number of alkyl halides is 1. The fraction of sp³-hybridized carbons (Fsp3) is 0.500. The Bertz CT molecular complexity index is 349. The number of rotatable bonds is 4. The maximum absolute atomic E-state index is 5.98. The molecule has 0 heterocycles. The molecule has 0 saturated heterocycles. The number of hydrogen-bond acceptors (Lipinski definition) is 1. The minimum Gasteiger partial charge on any atom is -0.369 e. The number of benzene rings is 1. The van der Waals surface area contributed by atoms with Gasteiger partial charge in [-0.05, 0) is 43.5 Å². The zero-order valence-electron chi connectivity index (χ0n) is 8.84. The average molecular weight is 289 g/mol. The quantitative estimate of drug-likeness (QED) is 0.751. The summed E-state index contributed by atoms with van der Waals surface area (Å²) in [6.45, 7) is 3.27. The molecule has 0 aliphatic heterocycles. The summed E-state index contributed by atoms with van der Waals surface area (Å²) in [6, 6.07) is 7.13. The number of halogens is 2. The van der Waals surface area contributed by atoms with E-state index in [1.165, 1.54) is 24.1 Å². The van der Waals surface area contributed by atoms with Gasteiger partial charge in [0.1, 0.15) is 0 Å². The first-order valence-corrected chi connectivity index (χ1v) is 6.70. The Morgan fingerprint density at radius 3 is 2.73 bits per heavy atom. The maximum Gasteiger partial charge on any atom is 0.0494 e.